The molecule has 0 spiro atoms. The molecule has 252 valence electrons. The van der Waals surface area contributed by atoms with Gasteiger partial charge in [0.15, 0.2) is 25.2 Å². The second-order valence-corrected chi connectivity index (χ2v) is 10.7. The number of hydrogen-bond donors (Lipinski definition) is 13. The molecular formula is C23H40O20. The lowest BCUT2D eigenvalue weighted by Gasteiger charge is -2.44. The largest absolute Gasteiger partial charge is 0.394 e. The van der Waals surface area contributed by atoms with E-state index in [4.69, 9.17) is 33.2 Å². The van der Waals surface area contributed by atoms with Gasteiger partial charge in [-0.1, -0.05) is 0 Å². The quantitative estimate of drug-likeness (QED) is 0.106. The predicted octanol–water partition coefficient (Wildman–Crippen LogP) is -9.11. The van der Waals surface area contributed by atoms with Gasteiger partial charge in [0.25, 0.3) is 0 Å². The molecule has 4 rings (SSSR count). The van der Waals surface area contributed by atoms with Crippen LogP contribution < -0.4 is 0 Å². The van der Waals surface area contributed by atoms with Gasteiger partial charge in [0, 0.05) is 0 Å². The minimum absolute atomic E-state index is 0.624. The molecule has 0 radical (unpaired) electrons. The van der Waals surface area contributed by atoms with E-state index < -0.39 is 143 Å². The van der Waals surface area contributed by atoms with Crippen LogP contribution in [0.4, 0.5) is 0 Å². The second kappa shape index (κ2) is 14.7. The Bertz CT molecular complexity index is 871. The summed E-state index contributed by atoms with van der Waals surface area (Å²) in [6.07, 6.45) is -31.5. The van der Waals surface area contributed by atoms with Crippen LogP contribution in [0.2, 0.25) is 0 Å². The molecule has 4 aliphatic rings. The fraction of sp³-hybridized carbons (Fsp3) is 1.00. The van der Waals surface area contributed by atoms with Gasteiger partial charge < -0.3 is 99.5 Å². The summed E-state index contributed by atoms with van der Waals surface area (Å²) in [6.45, 7) is -2.74. The maximum Gasteiger partial charge on any atom is 0.187 e. The Morgan fingerprint density at radius 2 is 0.814 bits per heavy atom. The van der Waals surface area contributed by atoms with E-state index >= 15 is 0 Å². The van der Waals surface area contributed by atoms with Crippen molar-refractivity contribution in [3.05, 3.63) is 0 Å². The molecule has 0 bridgehead atoms. The summed E-state index contributed by atoms with van der Waals surface area (Å²) in [6, 6.07) is 0. The molecule has 0 aromatic rings. The first kappa shape index (κ1) is 35.1. The molecule has 19 atom stereocenters. The molecule has 43 heavy (non-hydrogen) atoms. The molecular weight excluding hydrogens is 596 g/mol. The average Bonchev–Trinajstić information content (AvgIpc) is 3.26. The number of rotatable bonds is 10. The number of hydrogen-bond acceptors (Lipinski definition) is 20. The molecule has 0 amide bonds. The zero-order chi connectivity index (χ0) is 31.7. The molecule has 20 nitrogen and oxygen atoms in total. The summed E-state index contributed by atoms with van der Waals surface area (Å²) in [5.41, 5.74) is 0. The molecule has 0 saturated carbocycles. The second-order valence-electron chi connectivity index (χ2n) is 10.7. The number of ether oxygens (including phenoxy) is 7. The number of aliphatic hydroxyl groups excluding tert-OH is 13. The van der Waals surface area contributed by atoms with Crippen LogP contribution in [0.5, 0.6) is 0 Å². The van der Waals surface area contributed by atoms with Crippen LogP contribution in [0.15, 0.2) is 0 Å². The Morgan fingerprint density at radius 1 is 0.395 bits per heavy atom. The Kier molecular flexibility index (Phi) is 12.0. The third-order valence-electron chi connectivity index (χ3n) is 7.82. The maximum absolute atomic E-state index is 10.8. The van der Waals surface area contributed by atoms with Crippen molar-refractivity contribution < 1.29 is 99.5 Å². The minimum atomic E-state index is -1.87. The average molecular weight is 637 g/mol. The smallest absolute Gasteiger partial charge is 0.187 e. The summed E-state index contributed by atoms with van der Waals surface area (Å²) in [4.78, 5) is 0. The summed E-state index contributed by atoms with van der Waals surface area (Å²) in [5, 5.41) is 131. The lowest BCUT2D eigenvalue weighted by Crippen LogP contribution is -2.63. The number of aliphatic hydroxyl groups is 13. The molecule has 0 aromatic carbocycles. The van der Waals surface area contributed by atoms with Crippen molar-refractivity contribution >= 4 is 0 Å². The highest BCUT2D eigenvalue weighted by Crippen LogP contribution is 2.31. The SMILES string of the molecule is OC[C@@H]1O[C@@H](O[C@H]2[C@@H](O)[C@@H](CO)O[C@@H](OC[C@H]3O[C@@H](OC[C@H]4OC(O)[C@H](O)[C@@H](O)[C@H]4O)[C@H](O)[C@@H](O)[C@H]3O)[C@@H]2O)[C@H](O)[C@H]1O. The van der Waals surface area contributed by atoms with Crippen molar-refractivity contribution in [2.24, 2.45) is 0 Å². The van der Waals surface area contributed by atoms with E-state index in [1.807, 2.05) is 0 Å². The molecule has 4 heterocycles. The van der Waals surface area contributed by atoms with E-state index in [1.165, 1.54) is 0 Å². The van der Waals surface area contributed by atoms with E-state index in [0.717, 1.165) is 0 Å². The van der Waals surface area contributed by atoms with Gasteiger partial charge in [0.2, 0.25) is 0 Å². The third-order valence-corrected chi connectivity index (χ3v) is 7.82. The van der Waals surface area contributed by atoms with Gasteiger partial charge >= 0.3 is 0 Å². The lowest BCUT2D eigenvalue weighted by atomic mass is 9.98. The van der Waals surface area contributed by atoms with Gasteiger partial charge in [0.1, 0.15) is 91.6 Å². The fourth-order valence-electron chi connectivity index (χ4n) is 5.12. The molecule has 4 saturated heterocycles. The van der Waals surface area contributed by atoms with Crippen LogP contribution in [0.25, 0.3) is 0 Å². The summed E-state index contributed by atoms with van der Waals surface area (Å²) < 4.78 is 37.3. The van der Waals surface area contributed by atoms with Crippen molar-refractivity contribution in [2.75, 3.05) is 26.4 Å². The van der Waals surface area contributed by atoms with Gasteiger partial charge in [-0.05, 0) is 0 Å². The van der Waals surface area contributed by atoms with E-state index in [2.05, 4.69) is 0 Å². The van der Waals surface area contributed by atoms with Gasteiger partial charge in [-0.25, -0.2) is 0 Å². The third kappa shape index (κ3) is 7.29. The molecule has 0 aliphatic carbocycles. The van der Waals surface area contributed by atoms with E-state index in [9.17, 15) is 66.4 Å². The molecule has 20 heteroatoms. The van der Waals surface area contributed by atoms with E-state index in [-0.39, 0.29) is 0 Å². The van der Waals surface area contributed by atoms with Crippen LogP contribution in [-0.4, -0.2) is 210 Å². The van der Waals surface area contributed by atoms with Crippen LogP contribution in [-0.2, 0) is 33.2 Å². The standard InChI is InChI=1S/C23H40O20/c24-1-5-9(26)16(33)23(41-5)43-19-12(29)6(2-25)40-22(18(19)35)38-4-8-11(28)14(31)17(34)21(42-8)37-3-7-10(27)13(30)15(32)20(36)39-7/h5-36H,1-4H2/t5-,6+,7+,8+,9-,10-,11-,12-,13-,14-,15+,16+,17+,18+,19-,20?,21+,22+,23-/m0/s1. The van der Waals surface area contributed by atoms with E-state index in [1.54, 1.807) is 0 Å². The fourth-order valence-corrected chi connectivity index (χ4v) is 5.12. The Balaban J connectivity index is 1.37. The van der Waals surface area contributed by atoms with Crippen molar-refractivity contribution in [3.8, 4) is 0 Å². The highest BCUT2D eigenvalue weighted by atomic mass is 16.8. The maximum atomic E-state index is 10.8. The Morgan fingerprint density at radius 3 is 1.37 bits per heavy atom. The molecule has 0 aromatic heterocycles. The topological polar surface area (TPSA) is 328 Å². The molecule has 13 N–H and O–H groups in total. The molecule has 1 unspecified atom stereocenters. The Hall–Kier alpha value is -0.800. The molecule has 4 fully saturated rings. The normalized spacial score (nSPS) is 52.8. The van der Waals surface area contributed by atoms with Crippen LogP contribution in [0, 0.1) is 0 Å². The summed E-state index contributed by atoms with van der Waals surface area (Å²) in [7, 11) is 0. The monoisotopic (exact) mass is 636 g/mol. The molecule has 4 aliphatic heterocycles. The van der Waals surface area contributed by atoms with E-state index in [0.29, 0.717) is 0 Å². The summed E-state index contributed by atoms with van der Waals surface area (Å²) >= 11 is 0. The van der Waals surface area contributed by atoms with Crippen molar-refractivity contribution in [1.29, 1.82) is 0 Å². The van der Waals surface area contributed by atoms with Gasteiger partial charge in [-0.15, -0.1) is 0 Å². The summed E-state index contributed by atoms with van der Waals surface area (Å²) in [5.74, 6) is 0. The zero-order valence-electron chi connectivity index (χ0n) is 22.5. The van der Waals surface area contributed by atoms with Crippen molar-refractivity contribution in [1.82, 2.24) is 0 Å². The highest BCUT2D eigenvalue weighted by molar-refractivity contribution is 4.95. The van der Waals surface area contributed by atoms with Gasteiger partial charge in [0.05, 0.1) is 26.4 Å². The van der Waals surface area contributed by atoms with Crippen LogP contribution >= 0.6 is 0 Å². The van der Waals surface area contributed by atoms with Crippen LogP contribution in [0.3, 0.4) is 0 Å². The Labute approximate surface area is 243 Å². The first-order valence-corrected chi connectivity index (χ1v) is 13.5. The van der Waals surface area contributed by atoms with Crippen LogP contribution in [0.1, 0.15) is 0 Å². The van der Waals surface area contributed by atoms with Crippen molar-refractivity contribution in [2.45, 2.75) is 117 Å². The van der Waals surface area contributed by atoms with Crippen molar-refractivity contribution in [3.63, 3.8) is 0 Å². The minimum Gasteiger partial charge on any atom is -0.394 e. The highest BCUT2D eigenvalue weighted by Gasteiger charge is 2.52. The van der Waals surface area contributed by atoms with Gasteiger partial charge in [-0.3, -0.25) is 0 Å². The predicted molar refractivity (Wildman–Crippen MR) is 128 cm³/mol. The first-order chi connectivity index (χ1) is 20.3. The van der Waals surface area contributed by atoms with Gasteiger partial charge in [-0.2, -0.15) is 0 Å². The lowest BCUT2D eigenvalue weighted by molar-refractivity contribution is -0.349. The zero-order valence-corrected chi connectivity index (χ0v) is 22.5. The first-order valence-electron chi connectivity index (χ1n) is 13.5.